The van der Waals surface area contributed by atoms with E-state index in [4.69, 9.17) is 11.8 Å². The molecule has 0 radical (unpaired) electrons. The van der Waals surface area contributed by atoms with Crippen LogP contribution in [0.4, 0.5) is 0 Å². The summed E-state index contributed by atoms with van der Waals surface area (Å²) in [7, 11) is 0. The molecule has 2 rings (SSSR count). The van der Waals surface area contributed by atoms with Crippen LogP contribution in [0.3, 0.4) is 0 Å². The van der Waals surface area contributed by atoms with Crippen molar-refractivity contribution in [3.63, 3.8) is 0 Å². The minimum atomic E-state index is 0.519. The average molecular weight is 280 g/mol. The summed E-state index contributed by atoms with van der Waals surface area (Å²) in [6.45, 7) is 16.7. The van der Waals surface area contributed by atoms with Gasteiger partial charge >= 0.3 is 0 Å². The molecule has 0 amide bonds. The van der Waals surface area contributed by atoms with Crippen molar-refractivity contribution in [1.82, 2.24) is 0 Å². The second-order valence-electron chi connectivity index (χ2n) is 6.70. The van der Waals surface area contributed by atoms with Gasteiger partial charge in [0.05, 0.1) is 18.2 Å². The van der Waals surface area contributed by atoms with Crippen LogP contribution in [-0.2, 0) is 0 Å². The minimum Gasteiger partial charge on any atom is -0.241 e. The van der Waals surface area contributed by atoms with Crippen molar-refractivity contribution in [3.05, 3.63) is 46.5 Å². The molecule has 4 unspecified atom stereocenters. The Bertz CT molecular complexity index is 566. The first-order valence-corrected chi connectivity index (χ1v) is 7.87. The lowest BCUT2D eigenvalue weighted by atomic mass is 9.83. The molecule has 0 bridgehead atoms. The Kier molecular flexibility index (Phi) is 4.69. The van der Waals surface area contributed by atoms with Crippen molar-refractivity contribution < 1.29 is 0 Å². The average Bonchev–Trinajstić information content (AvgIpc) is 2.68. The van der Waals surface area contributed by atoms with E-state index in [2.05, 4.69) is 44.7 Å². The predicted molar refractivity (Wildman–Crippen MR) is 85.8 cm³/mol. The number of nitrogens with zero attached hydrogens (tertiary/aromatic N) is 2. The second-order valence-corrected chi connectivity index (χ2v) is 6.70. The fourth-order valence-corrected chi connectivity index (χ4v) is 3.91. The van der Waals surface area contributed by atoms with E-state index in [0.29, 0.717) is 23.6 Å². The number of hydrogen-bond donors (Lipinski definition) is 0. The smallest absolute Gasteiger partial charge is 0.186 e. The maximum atomic E-state index is 9.12. The summed E-state index contributed by atoms with van der Waals surface area (Å²) in [5.41, 5.74) is 2.37. The molecule has 2 nitrogen and oxygen atoms in total. The van der Waals surface area contributed by atoms with Gasteiger partial charge in [-0.25, -0.2) is 4.85 Å². The second kappa shape index (κ2) is 6.31. The molecular formula is C19H24N2. The third kappa shape index (κ3) is 2.96. The van der Waals surface area contributed by atoms with Gasteiger partial charge in [0.25, 0.3) is 0 Å². The van der Waals surface area contributed by atoms with E-state index < -0.39 is 0 Å². The van der Waals surface area contributed by atoms with Crippen LogP contribution in [0, 0.1) is 47.5 Å². The van der Waals surface area contributed by atoms with Gasteiger partial charge in [0.1, 0.15) is 0 Å². The van der Waals surface area contributed by atoms with E-state index in [9.17, 15) is 0 Å². The molecule has 0 aromatic heterocycles. The molecule has 0 aromatic rings. The van der Waals surface area contributed by atoms with Crippen molar-refractivity contribution in [2.45, 2.75) is 40.5 Å². The third-order valence-electron chi connectivity index (χ3n) is 5.90. The van der Waals surface area contributed by atoms with Crippen LogP contribution < -0.4 is 0 Å². The highest BCUT2D eigenvalue weighted by Crippen LogP contribution is 2.48. The van der Waals surface area contributed by atoms with Gasteiger partial charge in [0, 0.05) is 6.42 Å². The van der Waals surface area contributed by atoms with Crippen molar-refractivity contribution in [2.24, 2.45) is 29.6 Å². The van der Waals surface area contributed by atoms with Crippen molar-refractivity contribution >= 4 is 0 Å². The molecule has 0 heterocycles. The molecule has 110 valence electrons. The van der Waals surface area contributed by atoms with Gasteiger partial charge in [0.15, 0.2) is 5.70 Å². The Labute approximate surface area is 128 Å². The summed E-state index contributed by atoms with van der Waals surface area (Å²) < 4.78 is 0. The van der Waals surface area contributed by atoms with Crippen molar-refractivity contribution in [3.8, 4) is 6.07 Å². The van der Waals surface area contributed by atoms with E-state index in [1.807, 2.05) is 12.2 Å². The summed E-state index contributed by atoms with van der Waals surface area (Å²) >= 11 is 0. The monoisotopic (exact) mass is 280 g/mol. The lowest BCUT2D eigenvalue weighted by Gasteiger charge is -2.22. The van der Waals surface area contributed by atoms with Crippen LogP contribution in [0.2, 0.25) is 0 Å². The maximum absolute atomic E-state index is 9.12. The first-order valence-electron chi connectivity index (χ1n) is 7.87. The van der Waals surface area contributed by atoms with Crippen molar-refractivity contribution in [1.29, 1.82) is 5.26 Å². The van der Waals surface area contributed by atoms with Crippen molar-refractivity contribution in [2.75, 3.05) is 0 Å². The quantitative estimate of drug-likeness (QED) is 0.644. The maximum Gasteiger partial charge on any atom is 0.186 e. The number of rotatable bonds is 2. The number of allylic oxidation sites excluding steroid dienone is 5. The summed E-state index contributed by atoms with van der Waals surface area (Å²) in [6.07, 6.45) is 7.67. The zero-order valence-corrected chi connectivity index (χ0v) is 13.4. The van der Waals surface area contributed by atoms with Crippen LogP contribution >= 0.6 is 0 Å². The van der Waals surface area contributed by atoms with Gasteiger partial charge < -0.3 is 0 Å². The van der Waals surface area contributed by atoms with Crippen LogP contribution in [0.15, 0.2) is 35.1 Å². The number of nitriles is 1. The summed E-state index contributed by atoms with van der Waals surface area (Å²) in [5.74, 6) is 3.71. The molecule has 2 aliphatic rings. The van der Waals surface area contributed by atoms with E-state index in [1.165, 1.54) is 5.57 Å². The van der Waals surface area contributed by atoms with E-state index >= 15 is 0 Å². The predicted octanol–water partition coefficient (Wildman–Crippen LogP) is 5.13. The highest BCUT2D eigenvalue weighted by molar-refractivity contribution is 5.46. The SMILES string of the molecule is [C-]#[N+]C1=C(C#N)C=CC(CC2C(C)C(C)C(C)C2C)=CC1. The van der Waals surface area contributed by atoms with Gasteiger partial charge in [-0.2, -0.15) is 5.26 Å². The van der Waals surface area contributed by atoms with Gasteiger partial charge in [-0.15, -0.1) is 0 Å². The zero-order valence-electron chi connectivity index (χ0n) is 13.4. The minimum absolute atomic E-state index is 0.519. The summed E-state index contributed by atoms with van der Waals surface area (Å²) in [5, 5.41) is 9.12. The Balaban J connectivity index is 2.15. The zero-order chi connectivity index (χ0) is 15.6. The highest BCUT2D eigenvalue weighted by Gasteiger charge is 2.41. The van der Waals surface area contributed by atoms with Crippen LogP contribution in [0.1, 0.15) is 40.5 Å². The van der Waals surface area contributed by atoms with E-state index in [1.54, 1.807) is 0 Å². The largest absolute Gasteiger partial charge is 0.241 e. The van der Waals surface area contributed by atoms with Gasteiger partial charge in [-0.05, 0) is 36.0 Å². The molecule has 0 N–H and O–H groups in total. The van der Waals surface area contributed by atoms with Crippen LogP contribution in [-0.4, -0.2) is 0 Å². The molecule has 0 spiro atoms. The molecule has 1 fully saturated rings. The Morgan fingerprint density at radius 3 is 2.29 bits per heavy atom. The standard InChI is InChI=1S/C19H24N2/c1-12-13(2)15(4)18(14(12)3)10-16-6-8-17(11-20)19(21-5)9-7-16/h6-8,12-15,18H,9-10H2,1-4H3. The highest BCUT2D eigenvalue weighted by atomic mass is 14.7. The normalized spacial score (nSPS) is 35.9. The molecule has 0 aliphatic heterocycles. The lowest BCUT2D eigenvalue weighted by Crippen LogP contribution is -2.13. The lowest BCUT2D eigenvalue weighted by molar-refractivity contribution is 0.320. The molecule has 0 aromatic carbocycles. The van der Waals surface area contributed by atoms with Gasteiger partial charge in [-0.3, -0.25) is 0 Å². The molecule has 2 aliphatic carbocycles. The van der Waals surface area contributed by atoms with Gasteiger partial charge in [0.2, 0.25) is 0 Å². The molecular weight excluding hydrogens is 256 g/mol. The van der Waals surface area contributed by atoms with Gasteiger partial charge in [-0.1, -0.05) is 51.5 Å². The molecule has 1 saturated carbocycles. The topological polar surface area (TPSA) is 28.1 Å². The summed E-state index contributed by atoms with van der Waals surface area (Å²) in [4.78, 5) is 3.49. The third-order valence-corrected chi connectivity index (χ3v) is 5.90. The fraction of sp³-hybridized carbons (Fsp3) is 0.579. The van der Waals surface area contributed by atoms with E-state index in [-0.39, 0.29) is 0 Å². The first kappa shape index (κ1) is 15.6. The molecule has 4 atom stereocenters. The molecule has 2 heteroatoms. The van der Waals surface area contributed by atoms with Crippen LogP contribution in [0.25, 0.3) is 4.85 Å². The Hall–Kier alpha value is -1.80. The first-order chi connectivity index (χ1) is 9.99. The number of hydrogen-bond acceptors (Lipinski definition) is 1. The fourth-order valence-electron chi connectivity index (χ4n) is 3.91. The Morgan fingerprint density at radius 1 is 1.14 bits per heavy atom. The van der Waals surface area contributed by atoms with E-state index in [0.717, 1.165) is 30.1 Å². The summed E-state index contributed by atoms with van der Waals surface area (Å²) in [6, 6.07) is 2.14. The van der Waals surface area contributed by atoms with Crippen LogP contribution in [0.5, 0.6) is 0 Å². The molecule has 21 heavy (non-hydrogen) atoms. The Morgan fingerprint density at radius 2 is 1.76 bits per heavy atom. The molecule has 0 saturated heterocycles.